The lowest BCUT2D eigenvalue weighted by Crippen LogP contribution is -2.58. The molecule has 0 unspecified atom stereocenters. The summed E-state index contributed by atoms with van der Waals surface area (Å²) in [5.41, 5.74) is -0.101. The Morgan fingerprint density at radius 3 is 2.67 bits per heavy atom. The number of ketones is 2. The van der Waals surface area contributed by atoms with Crippen molar-refractivity contribution in [2.75, 3.05) is 0 Å². The third-order valence-corrected chi connectivity index (χ3v) is 8.46. The van der Waals surface area contributed by atoms with Gasteiger partial charge in [-0.3, -0.25) is 9.59 Å². The van der Waals surface area contributed by atoms with Gasteiger partial charge in [-0.2, -0.15) is 0 Å². The van der Waals surface area contributed by atoms with Crippen molar-refractivity contribution in [2.45, 2.75) is 65.4 Å². The molecule has 3 saturated carbocycles. The largest absolute Gasteiger partial charge is 0.393 e. The van der Waals surface area contributed by atoms with E-state index in [-0.39, 0.29) is 34.6 Å². The minimum absolute atomic E-state index is 0.0379. The number of allylic oxidation sites excluding steroid dienone is 2. The number of aliphatic hydroxyl groups excluding tert-OH is 1. The molecule has 0 saturated heterocycles. The van der Waals surface area contributed by atoms with E-state index >= 15 is 0 Å². The molecule has 1 N–H and O–H groups in total. The van der Waals surface area contributed by atoms with Crippen molar-refractivity contribution < 1.29 is 14.7 Å². The van der Waals surface area contributed by atoms with Crippen LogP contribution in [0.2, 0.25) is 0 Å². The fraction of sp³-hybridized carbons (Fsp3) is 0.810. The Labute approximate surface area is 144 Å². The van der Waals surface area contributed by atoms with E-state index in [1.165, 1.54) is 0 Å². The third kappa shape index (κ3) is 2.06. The van der Waals surface area contributed by atoms with Crippen molar-refractivity contribution >= 4 is 11.6 Å². The Morgan fingerprint density at radius 2 is 1.96 bits per heavy atom. The molecule has 4 rings (SSSR count). The SMILES string of the molecule is CC(=O)[C@H]1CC[C@H]2[C@@H]3CC[C@H]4CC(=O)C=C[C@]4(C)[C@H]3[C@H](O)C[C@]12C. The number of aliphatic hydroxyl groups is 1. The van der Waals surface area contributed by atoms with Gasteiger partial charge in [-0.05, 0) is 79.6 Å². The maximum Gasteiger partial charge on any atom is 0.155 e. The molecule has 3 heteroatoms. The summed E-state index contributed by atoms with van der Waals surface area (Å²) >= 11 is 0. The zero-order valence-corrected chi connectivity index (χ0v) is 15.1. The van der Waals surface area contributed by atoms with Crippen molar-refractivity contribution in [2.24, 2.45) is 40.4 Å². The summed E-state index contributed by atoms with van der Waals surface area (Å²) in [5.74, 6) is 2.31. The minimum atomic E-state index is -0.359. The summed E-state index contributed by atoms with van der Waals surface area (Å²) in [6.07, 6.45) is 9.19. The zero-order valence-electron chi connectivity index (χ0n) is 15.1. The van der Waals surface area contributed by atoms with Crippen molar-refractivity contribution in [1.29, 1.82) is 0 Å². The highest BCUT2D eigenvalue weighted by Gasteiger charge is 2.63. The standard InChI is InChI=1S/C21H30O3/c1-12(22)16-6-7-17-15-5-4-13-10-14(23)8-9-20(13,2)19(15)18(24)11-21(16,17)3/h8-9,13,15-19,24H,4-7,10-11H2,1-3H3/t13-,15-,16+,17-,18+,19+,20-,21+/m0/s1. The average molecular weight is 330 g/mol. The average Bonchev–Trinajstić information content (AvgIpc) is 2.84. The van der Waals surface area contributed by atoms with Gasteiger partial charge in [0.15, 0.2) is 5.78 Å². The molecule has 24 heavy (non-hydrogen) atoms. The summed E-state index contributed by atoms with van der Waals surface area (Å²) in [4.78, 5) is 24.0. The van der Waals surface area contributed by atoms with Gasteiger partial charge in [0.2, 0.25) is 0 Å². The molecule has 4 aliphatic carbocycles. The molecule has 3 fully saturated rings. The molecule has 132 valence electrons. The predicted octanol–water partition coefficient (Wildman–Crippen LogP) is 3.55. The highest BCUT2D eigenvalue weighted by molar-refractivity contribution is 5.91. The monoisotopic (exact) mass is 330 g/mol. The molecule has 0 aromatic carbocycles. The van der Waals surface area contributed by atoms with Crippen LogP contribution in [-0.2, 0) is 9.59 Å². The summed E-state index contributed by atoms with van der Waals surface area (Å²) in [6, 6.07) is 0. The first-order valence-electron chi connectivity index (χ1n) is 9.68. The quantitative estimate of drug-likeness (QED) is 0.800. The Balaban J connectivity index is 1.72. The van der Waals surface area contributed by atoms with E-state index < -0.39 is 0 Å². The van der Waals surface area contributed by atoms with Gasteiger partial charge in [-0.25, -0.2) is 0 Å². The number of fused-ring (bicyclic) bond motifs is 5. The Morgan fingerprint density at radius 1 is 1.21 bits per heavy atom. The Hall–Kier alpha value is -0.960. The van der Waals surface area contributed by atoms with Crippen molar-refractivity contribution in [1.82, 2.24) is 0 Å². The number of carbonyl (C=O) groups is 2. The molecule has 3 nitrogen and oxygen atoms in total. The summed E-state index contributed by atoms with van der Waals surface area (Å²) in [6.45, 7) is 6.25. The van der Waals surface area contributed by atoms with Gasteiger partial charge in [0.25, 0.3) is 0 Å². The predicted molar refractivity (Wildman–Crippen MR) is 92.2 cm³/mol. The van der Waals surface area contributed by atoms with E-state index in [2.05, 4.69) is 19.9 Å². The number of carbonyl (C=O) groups excluding carboxylic acids is 2. The van der Waals surface area contributed by atoms with Crippen molar-refractivity contribution in [3.05, 3.63) is 12.2 Å². The minimum Gasteiger partial charge on any atom is -0.393 e. The first kappa shape index (κ1) is 16.5. The fourth-order valence-electron chi connectivity index (χ4n) is 7.43. The van der Waals surface area contributed by atoms with Gasteiger partial charge in [0, 0.05) is 12.3 Å². The van der Waals surface area contributed by atoms with Gasteiger partial charge in [-0.1, -0.05) is 19.9 Å². The van der Waals surface area contributed by atoms with Crippen LogP contribution < -0.4 is 0 Å². The van der Waals surface area contributed by atoms with Crippen LogP contribution in [0.5, 0.6) is 0 Å². The number of hydrogen-bond acceptors (Lipinski definition) is 3. The molecule has 0 amide bonds. The van der Waals surface area contributed by atoms with Gasteiger partial charge in [0.1, 0.15) is 5.78 Å². The van der Waals surface area contributed by atoms with Crippen molar-refractivity contribution in [3.63, 3.8) is 0 Å². The summed E-state index contributed by atoms with van der Waals surface area (Å²) in [5, 5.41) is 11.2. The maximum absolute atomic E-state index is 12.2. The molecule has 0 aliphatic heterocycles. The maximum atomic E-state index is 12.2. The van der Waals surface area contributed by atoms with Gasteiger partial charge in [-0.15, -0.1) is 0 Å². The van der Waals surface area contributed by atoms with E-state index in [0.717, 1.165) is 32.1 Å². The third-order valence-electron chi connectivity index (χ3n) is 8.46. The van der Waals surface area contributed by atoms with E-state index in [1.807, 2.05) is 0 Å². The highest BCUT2D eigenvalue weighted by Crippen LogP contribution is 2.66. The second-order valence-corrected chi connectivity index (χ2v) is 9.46. The molecule has 8 atom stereocenters. The molecule has 0 aromatic rings. The Kier molecular flexibility index (Phi) is 3.62. The van der Waals surface area contributed by atoms with Gasteiger partial charge in [0.05, 0.1) is 6.10 Å². The van der Waals surface area contributed by atoms with Crippen LogP contribution in [0.15, 0.2) is 12.2 Å². The lowest BCUT2D eigenvalue weighted by Gasteiger charge is -2.60. The van der Waals surface area contributed by atoms with Gasteiger partial charge >= 0.3 is 0 Å². The van der Waals surface area contributed by atoms with Gasteiger partial charge < -0.3 is 5.11 Å². The van der Waals surface area contributed by atoms with Crippen molar-refractivity contribution in [3.8, 4) is 0 Å². The molecule has 0 heterocycles. The normalized spacial score (nSPS) is 53.2. The number of hydrogen-bond donors (Lipinski definition) is 1. The molecule has 0 aromatic heterocycles. The van der Waals surface area contributed by atoms with Crippen LogP contribution in [0, 0.1) is 40.4 Å². The lowest BCUT2D eigenvalue weighted by atomic mass is 9.45. The first-order chi connectivity index (χ1) is 11.3. The Bertz CT molecular complexity index is 608. The summed E-state index contributed by atoms with van der Waals surface area (Å²) in [7, 11) is 0. The van der Waals surface area contributed by atoms with Crippen LogP contribution in [-0.4, -0.2) is 22.8 Å². The summed E-state index contributed by atoms with van der Waals surface area (Å²) < 4.78 is 0. The molecule has 0 bridgehead atoms. The van der Waals surface area contributed by atoms with Crippen LogP contribution in [0.1, 0.15) is 59.3 Å². The number of Topliss-reactive ketones (excluding diaryl/α,β-unsaturated/α-hetero) is 1. The van der Waals surface area contributed by atoms with E-state index in [0.29, 0.717) is 30.0 Å². The van der Waals surface area contributed by atoms with Crippen LogP contribution in [0.25, 0.3) is 0 Å². The topological polar surface area (TPSA) is 54.4 Å². The smallest absolute Gasteiger partial charge is 0.155 e. The fourth-order valence-corrected chi connectivity index (χ4v) is 7.43. The zero-order chi connectivity index (χ0) is 17.3. The molecule has 4 aliphatic rings. The molecule has 0 radical (unpaired) electrons. The molecule has 0 spiro atoms. The second kappa shape index (κ2) is 5.27. The van der Waals surface area contributed by atoms with Crippen LogP contribution in [0.4, 0.5) is 0 Å². The van der Waals surface area contributed by atoms with E-state index in [4.69, 9.17) is 0 Å². The highest BCUT2D eigenvalue weighted by atomic mass is 16.3. The molecular weight excluding hydrogens is 300 g/mol. The first-order valence-corrected chi connectivity index (χ1v) is 9.68. The van der Waals surface area contributed by atoms with E-state index in [9.17, 15) is 14.7 Å². The number of rotatable bonds is 1. The second-order valence-electron chi connectivity index (χ2n) is 9.46. The molecular formula is C21H30O3. The van der Waals surface area contributed by atoms with Crippen LogP contribution >= 0.6 is 0 Å². The van der Waals surface area contributed by atoms with E-state index in [1.54, 1.807) is 13.0 Å². The van der Waals surface area contributed by atoms with Crippen LogP contribution in [0.3, 0.4) is 0 Å². The lowest BCUT2D eigenvalue weighted by molar-refractivity contribution is -0.155.